The highest BCUT2D eigenvalue weighted by Gasteiger charge is 2.13. The van der Waals surface area contributed by atoms with Gasteiger partial charge in [0.2, 0.25) is 0 Å². The first-order chi connectivity index (χ1) is 9.08. The molecule has 6 heteroatoms. The van der Waals surface area contributed by atoms with Crippen LogP contribution >= 0.6 is 11.6 Å². The molecule has 0 unspecified atom stereocenters. The van der Waals surface area contributed by atoms with Gasteiger partial charge >= 0.3 is 0 Å². The van der Waals surface area contributed by atoms with Crippen LogP contribution in [0, 0.1) is 0 Å². The lowest BCUT2D eigenvalue weighted by atomic mass is 10.1. The molecule has 2 aromatic rings. The number of rotatable bonds is 5. The molecule has 0 saturated heterocycles. The lowest BCUT2D eigenvalue weighted by Crippen LogP contribution is -2.13. The lowest BCUT2D eigenvalue weighted by molar-refractivity contribution is 0.286. The Morgan fingerprint density at radius 2 is 2.00 bits per heavy atom. The van der Waals surface area contributed by atoms with Crippen LogP contribution in [0.3, 0.4) is 0 Å². The number of aromatic nitrogens is 3. The zero-order valence-electron chi connectivity index (χ0n) is 11.0. The molecular weight excluding hydrogens is 264 g/mol. The van der Waals surface area contributed by atoms with Crippen molar-refractivity contribution in [3.63, 3.8) is 0 Å². The van der Waals surface area contributed by atoms with Crippen molar-refractivity contribution in [2.45, 2.75) is 26.3 Å². The Kier molecular flexibility index (Phi) is 4.27. The smallest absolute Gasteiger partial charge is 0.169 e. The molecule has 5 nitrogen and oxygen atoms in total. The second-order valence-corrected chi connectivity index (χ2v) is 4.98. The molecule has 2 N–H and O–H groups in total. The molecule has 102 valence electrons. The summed E-state index contributed by atoms with van der Waals surface area (Å²) in [6.07, 6.45) is 0. The highest BCUT2D eigenvalue weighted by molar-refractivity contribution is 6.30. The molecule has 1 aromatic carbocycles. The average molecular weight is 281 g/mol. The Bertz CT molecular complexity index is 536. The van der Waals surface area contributed by atoms with Crippen LogP contribution in [-0.4, -0.2) is 21.6 Å². The first-order valence-corrected chi connectivity index (χ1v) is 6.53. The minimum atomic E-state index is 0.283. The van der Waals surface area contributed by atoms with Gasteiger partial charge in [0, 0.05) is 5.02 Å². The van der Waals surface area contributed by atoms with Gasteiger partial charge in [0.1, 0.15) is 12.4 Å². The first-order valence-electron chi connectivity index (χ1n) is 6.15. The topological polar surface area (TPSA) is 66.0 Å². The number of halogens is 1. The quantitative estimate of drug-likeness (QED) is 0.914. The number of hydrogen-bond donors (Lipinski definition) is 1. The van der Waals surface area contributed by atoms with E-state index in [0.717, 1.165) is 11.4 Å². The van der Waals surface area contributed by atoms with E-state index >= 15 is 0 Å². The Hall–Kier alpha value is -1.75. The molecule has 19 heavy (non-hydrogen) atoms. The Morgan fingerprint density at radius 1 is 1.32 bits per heavy atom. The van der Waals surface area contributed by atoms with Crippen molar-refractivity contribution < 1.29 is 4.74 Å². The normalized spacial score (nSPS) is 10.9. The van der Waals surface area contributed by atoms with Crippen LogP contribution < -0.4 is 10.5 Å². The summed E-state index contributed by atoms with van der Waals surface area (Å²) in [7, 11) is 0. The van der Waals surface area contributed by atoms with Gasteiger partial charge < -0.3 is 10.5 Å². The zero-order chi connectivity index (χ0) is 13.8. The number of nitrogens with two attached hydrogens (primary N) is 1. The van der Waals surface area contributed by atoms with Gasteiger partial charge in [0.25, 0.3) is 0 Å². The van der Waals surface area contributed by atoms with Gasteiger partial charge in [-0.25, -0.2) is 4.68 Å². The molecule has 1 heterocycles. The molecular formula is C13H17ClN4O. The fourth-order valence-corrected chi connectivity index (χ4v) is 2.00. The summed E-state index contributed by atoms with van der Waals surface area (Å²) in [4.78, 5) is 0. The first kappa shape index (κ1) is 13.7. The fourth-order valence-electron chi connectivity index (χ4n) is 1.87. The standard InChI is InChI=1S/C13H17ClN4O/c1-9(2)12-13(15)16-17-18(12)7-8-19-11-5-3-10(14)4-6-11/h3-6,9H,7-8,15H2,1-2H3. The van der Waals surface area contributed by atoms with Crippen LogP contribution in [0.5, 0.6) is 5.75 Å². The number of anilines is 1. The van der Waals surface area contributed by atoms with Crippen molar-refractivity contribution in [1.82, 2.24) is 15.0 Å². The second kappa shape index (κ2) is 5.93. The van der Waals surface area contributed by atoms with Crippen molar-refractivity contribution >= 4 is 17.4 Å². The average Bonchev–Trinajstić information content (AvgIpc) is 2.73. The van der Waals surface area contributed by atoms with Crippen LogP contribution in [0.2, 0.25) is 5.02 Å². The summed E-state index contributed by atoms with van der Waals surface area (Å²) >= 11 is 5.81. The van der Waals surface area contributed by atoms with Crippen LogP contribution in [0.15, 0.2) is 24.3 Å². The number of nitrogen functional groups attached to an aromatic ring is 1. The van der Waals surface area contributed by atoms with Gasteiger partial charge in [-0.15, -0.1) is 5.10 Å². The molecule has 0 saturated carbocycles. The SMILES string of the molecule is CC(C)c1c(N)nnn1CCOc1ccc(Cl)cc1. The predicted octanol–water partition coefficient (Wildman–Crippen LogP) is 2.72. The third-order valence-corrected chi connectivity index (χ3v) is 2.99. The monoisotopic (exact) mass is 280 g/mol. The van der Waals surface area contributed by atoms with Crippen LogP contribution in [0.25, 0.3) is 0 Å². The van der Waals surface area contributed by atoms with E-state index in [0.29, 0.717) is 24.0 Å². The maximum absolute atomic E-state index is 5.81. The Balaban J connectivity index is 1.94. The third kappa shape index (κ3) is 3.38. The van der Waals surface area contributed by atoms with Crippen LogP contribution in [-0.2, 0) is 6.54 Å². The van der Waals surface area contributed by atoms with Crippen molar-refractivity contribution in [2.75, 3.05) is 12.3 Å². The van der Waals surface area contributed by atoms with E-state index in [1.807, 2.05) is 12.1 Å². The van der Waals surface area contributed by atoms with E-state index in [-0.39, 0.29) is 5.92 Å². The number of ether oxygens (including phenoxy) is 1. The number of hydrogen-bond acceptors (Lipinski definition) is 4. The number of nitrogens with zero attached hydrogens (tertiary/aromatic N) is 3. The summed E-state index contributed by atoms with van der Waals surface area (Å²) in [5.74, 6) is 1.55. The van der Waals surface area contributed by atoms with Crippen LogP contribution in [0.4, 0.5) is 5.82 Å². The minimum Gasteiger partial charge on any atom is -0.492 e. The lowest BCUT2D eigenvalue weighted by Gasteiger charge is -2.10. The van der Waals surface area contributed by atoms with Gasteiger partial charge in [-0.05, 0) is 30.2 Å². The van der Waals surface area contributed by atoms with Crippen molar-refractivity contribution in [1.29, 1.82) is 0 Å². The van der Waals surface area contributed by atoms with Gasteiger partial charge in [0.05, 0.1) is 12.2 Å². The van der Waals surface area contributed by atoms with Gasteiger partial charge in [0.15, 0.2) is 5.82 Å². The fraction of sp³-hybridized carbons (Fsp3) is 0.385. The Morgan fingerprint density at radius 3 is 2.63 bits per heavy atom. The van der Waals surface area contributed by atoms with E-state index in [1.54, 1.807) is 16.8 Å². The molecule has 0 fully saturated rings. The molecule has 0 radical (unpaired) electrons. The molecule has 0 aliphatic rings. The van der Waals surface area contributed by atoms with Gasteiger partial charge in [-0.3, -0.25) is 0 Å². The van der Waals surface area contributed by atoms with E-state index in [1.165, 1.54) is 0 Å². The maximum atomic E-state index is 5.81. The summed E-state index contributed by atoms with van der Waals surface area (Å²) < 4.78 is 7.41. The van der Waals surface area contributed by atoms with Crippen molar-refractivity contribution in [3.05, 3.63) is 35.0 Å². The summed E-state index contributed by atoms with van der Waals surface area (Å²) in [6, 6.07) is 7.26. The number of benzene rings is 1. The summed E-state index contributed by atoms with van der Waals surface area (Å²) in [6.45, 7) is 5.24. The second-order valence-electron chi connectivity index (χ2n) is 4.54. The van der Waals surface area contributed by atoms with Gasteiger partial charge in [-0.1, -0.05) is 30.7 Å². The molecule has 2 rings (SSSR count). The molecule has 0 aliphatic carbocycles. The minimum absolute atomic E-state index is 0.283. The molecule has 0 atom stereocenters. The molecule has 1 aromatic heterocycles. The van der Waals surface area contributed by atoms with E-state index in [2.05, 4.69) is 24.2 Å². The van der Waals surface area contributed by atoms with E-state index < -0.39 is 0 Å². The summed E-state index contributed by atoms with van der Waals surface area (Å²) in [5.41, 5.74) is 6.74. The zero-order valence-corrected chi connectivity index (χ0v) is 11.8. The van der Waals surface area contributed by atoms with Crippen LogP contribution in [0.1, 0.15) is 25.5 Å². The van der Waals surface area contributed by atoms with E-state index in [4.69, 9.17) is 22.1 Å². The summed E-state index contributed by atoms with van der Waals surface area (Å²) in [5, 5.41) is 8.61. The highest BCUT2D eigenvalue weighted by atomic mass is 35.5. The predicted molar refractivity (Wildman–Crippen MR) is 75.5 cm³/mol. The Labute approximate surface area is 117 Å². The third-order valence-electron chi connectivity index (χ3n) is 2.73. The van der Waals surface area contributed by atoms with Crippen molar-refractivity contribution in [3.8, 4) is 5.75 Å². The van der Waals surface area contributed by atoms with Crippen molar-refractivity contribution in [2.24, 2.45) is 0 Å². The van der Waals surface area contributed by atoms with Gasteiger partial charge in [-0.2, -0.15) is 0 Å². The molecule has 0 bridgehead atoms. The molecule has 0 amide bonds. The maximum Gasteiger partial charge on any atom is 0.169 e. The van der Waals surface area contributed by atoms with E-state index in [9.17, 15) is 0 Å². The highest BCUT2D eigenvalue weighted by Crippen LogP contribution is 2.19. The molecule has 0 spiro atoms. The largest absolute Gasteiger partial charge is 0.492 e. The molecule has 0 aliphatic heterocycles.